The van der Waals surface area contributed by atoms with Crippen molar-refractivity contribution in [3.8, 4) is 0 Å². The minimum atomic E-state index is -0.328. The summed E-state index contributed by atoms with van der Waals surface area (Å²) < 4.78 is 2.06. The average molecular weight is 430 g/mol. The van der Waals surface area contributed by atoms with Crippen molar-refractivity contribution in [1.29, 1.82) is 0 Å². The maximum Gasteiger partial charge on any atom is 0.255 e. The molecule has 2 heterocycles. The lowest BCUT2D eigenvalue weighted by atomic mass is 9.97. The van der Waals surface area contributed by atoms with Crippen LogP contribution in [0.2, 0.25) is 5.02 Å². The van der Waals surface area contributed by atoms with Crippen LogP contribution in [0.5, 0.6) is 0 Å². The summed E-state index contributed by atoms with van der Waals surface area (Å²) in [4.78, 5) is 27.8. The number of rotatable bonds is 4. The van der Waals surface area contributed by atoms with Crippen molar-refractivity contribution in [2.45, 2.75) is 6.04 Å². The first-order chi connectivity index (χ1) is 15.0. The quantitative estimate of drug-likeness (QED) is 0.495. The van der Waals surface area contributed by atoms with Crippen molar-refractivity contribution in [3.63, 3.8) is 0 Å². The van der Waals surface area contributed by atoms with Crippen LogP contribution in [-0.2, 0) is 11.8 Å². The van der Waals surface area contributed by atoms with Gasteiger partial charge in [0.25, 0.3) is 5.91 Å². The zero-order valence-corrected chi connectivity index (χ0v) is 17.6. The van der Waals surface area contributed by atoms with Gasteiger partial charge in [0.05, 0.1) is 6.04 Å². The second-order valence-corrected chi connectivity index (χ2v) is 8.13. The number of nitrogens with zero attached hydrogens (tertiary/aromatic N) is 2. The summed E-state index contributed by atoms with van der Waals surface area (Å²) in [5, 5.41) is 4.53. The van der Waals surface area contributed by atoms with Crippen LogP contribution in [-0.4, -0.2) is 27.8 Å². The molecule has 2 amide bonds. The van der Waals surface area contributed by atoms with Crippen LogP contribution in [0.3, 0.4) is 0 Å². The minimum absolute atomic E-state index is 0.0516. The SMILES string of the molecule is Cn1cc([C@@H]2c3ccccc3C(=O)N2CC(=O)Nc2ccc(Cl)cc2)c2ccccc21. The van der Waals surface area contributed by atoms with E-state index in [0.29, 0.717) is 16.3 Å². The molecule has 0 bridgehead atoms. The number of anilines is 1. The smallest absolute Gasteiger partial charge is 0.255 e. The van der Waals surface area contributed by atoms with Gasteiger partial charge >= 0.3 is 0 Å². The third kappa shape index (κ3) is 3.37. The van der Waals surface area contributed by atoms with Crippen LogP contribution in [0.1, 0.15) is 27.5 Å². The van der Waals surface area contributed by atoms with Crippen LogP contribution in [0.15, 0.2) is 79.0 Å². The van der Waals surface area contributed by atoms with Gasteiger partial charge in [-0.1, -0.05) is 48.0 Å². The van der Waals surface area contributed by atoms with Gasteiger partial charge < -0.3 is 14.8 Å². The lowest BCUT2D eigenvalue weighted by Gasteiger charge is -2.25. The van der Waals surface area contributed by atoms with E-state index in [-0.39, 0.29) is 24.4 Å². The van der Waals surface area contributed by atoms with E-state index < -0.39 is 0 Å². The zero-order chi connectivity index (χ0) is 21.5. The number of carbonyl (C=O) groups excluding carboxylic acids is 2. The summed E-state index contributed by atoms with van der Waals surface area (Å²) in [6.45, 7) is -0.0516. The number of fused-ring (bicyclic) bond motifs is 2. The topological polar surface area (TPSA) is 54.3 Å². The first kappa shape index (κ1) is 19.4. The Balaban J connectivity index is 1.53. The Kier molecular flexibility index (Phi) is 4.75. The zero-order valence-electron chi connectivity index (χ0n) is 16.9. The number of halogens is 1. The summed E-state index contributed by atoms with van der Waals surface area (Å²) in [5.41, 5.74) is 4.29. The van der Waals surface area contributed by atoms with Crippen LogP contribution in [0.25, 0.3) is 10.9 Å². The van der Waals surface area contributed by atoms with E-state index in [1.165, 1.54) is 0 Å². The monoisotopic (exact) mass is 429 g/mol. The van der Waals surface area contributed by atoms with Gasteiger partial charge in [0.1, 0.15) is 6.54 Å². The molecule has 4 aromatic rings. The molecule has 0 saturated heterocycles. The molecule has 1 aliphatic heterocycles. The lowest BCUT2D eigenvalue weighted by Crippen LogP contribution is -2.36. The average Bonchev–Trinajstić information content (AvgIpc) is 3.24. The fraction of sp³-hybridized carbons (Fsp3) is 0.120. The van der Waals surface area contributed by atoms with Crippen molar-refractivity contribution < 1.29 is 9.59 Å². The van der Waals surface area contributed by atoms with Gasteiger partial charge in [-0.25, -0.2) is 0 Å². The normalized spacial score (nSPS) is 15.4. The Morgan fingerprint density at radius 1 is 0.968 bits per heavy atom. The van der Waals surface area contributed by atoms with E-state index in [1.807, 2.05) is 43.4 Å². The molecule has 0 unspecified atom stereocenters. The second kappa shape index (κ2) is 7.60. The van der Waals surface area contributed by atoms with Crippen LogP contribution >= 0.6 is 11.6 Å². The number of amides is 2. The molecule has 0 radical (unpaired) electrons. The van der Waals surface area contributed by atoms with Gasteiger partial charge in [0.15, 0.2) is 0 Å². The molecule has 6 heteroatoms. The Morgan fingerprint density at radius 3 is 2.48 bits per heavy atom. The van der Waals surface area contributed by atoms with Crippen molar-refractivity contribution in [1.82, 2.24) is 9.47 Å². The van der Waals surface area contributed by atoms with Gasteiger partial charge in [-0.05, 0) is 42.0 Å². The van der Waals surface area contributed by atoms with Crippen molar-refractivity contribution in [3.05, 3.63) is 101 Å². The van der Waals surface area contributed by atoms with Gasteiger partial charge in [0, 0.05) is 46.0 Å². The first-order valence-electron chi connectivity index (χ1n) is 10.0. The highest BCUT2D eigenvalue weighted by Gasteiger charge is 2.39. The van der Waals surface area contributed by atoms with E-state index >= 15 is 0 Å². The summed E-state index contributed by atoms with van der Waals surface area (Å²) in [5.74, 6) is -0.395. The number of hydrogen-bond donors (Lipinski definition) is 1. The predicted octanol–water partition coefficient (Wildman–Crippen LogP) is 5.02. The van der Waals surface area contributed by atoms with E-state index in [0.717, 1.165) is 22.0 Å². The molecule has 3 aromatic carbocycles. The number of carbonyl (C=O) groups is 2. The molecule has 0 saturated carbocycles. The number of nitrogens with one attached hydrogen (secondary N) is 1. The maximum absolute atomic E-state index is 13.3. The molecule has 0 aliphatic carbocycles. The number of para-hydroxylation sites is 1. The molecule has 1 aromatic heterocycles. The maximum atomic E-state index is 13.3. The highest BCUT2D eigenvalue weighted by atomic mass is 35.5. The third-order valence-corrected chi connectivity index (χ3v) is 5.97. The second-order valence-electron chi connectivity index (χ2n) is 7.69. The first-order valence-corrected chi connectivity index (χ1v) is 10.4. The molecule has 1 atom stereocenters. The Labute approximate surface area is 184 Å². The summed E-state index contributed by atoms with van der Waals surface area (Å²) in [6, 6.07) is 22.3. The molecule has 0 spiro atoms. The predicted molar refractivity (Wildman–Crippen MR) is 122 cm³/mol. The number of benzene rings is 3. The van der Waals surface area contributed by atoms with Crippen molar-refractivity contribution in [2.24, 2.45) is 7.05 Å². The van der Waals surface area contributed by atoms with E-state index in [9.17, 15) is 9.59 Å². The molecule has 1 N–H and O–H groups in total. The number of hydrogen-bond acceptors (Lipinski definition) is 2. The highest BCUT2D eigenvalue weighted by molar-refractivity contribution is 6.30. The summed E-state index contributed by atoms with van der Waals surface area (Å²) >= 11 is 5.93. The fourth-order valence-electron chi connectivity index (χ4n) is 4.35. The largest absolute Gasteiger partial charge is 0.350 e. The van der Waals surface area contributed by atoms with Crippen LogP contribution in [0, 0.1) is 0 Å². The fourth-order valence-corrected chi connectivity index (χ4v) is 4.47. The highest BCUT2D eigenvalue weighted by Crippen LogP contribution is 2.41. The van der Waals surface area contributed by atoms with Gasteiger partial charge in [-0.15, -0.1) is 0 Å². The molecule has 0 fully saturated rings. The number of aryl methyl sites for hydroxylation is 1. The van der Waals surface area contributed by atoms with Gasteiger partial charge in [-0.3, -0.25) is 9.59 Å². The van der Waals surface area contributed by atoms with E-state index in [4.69, 9.17) is 11.6 Å². The Morgan fingerprint density at radius 2 is 1.68 bits per heavy atom. The lowest BCUT2D eigenvalue weighted by molar-refractivity contribution is -0.117. The molecule has 5 rings (SSSR count). The third-order valence-electron chi connectivity index (χ3n) is 5.72. The summed E-state index contributed by atoms with van der Waals surface area (Å²) in [7, 11) is 1.99. The van der Waals surface area contributed by atoms with Crippen molar-refractivity contribution >= 4 is 40.0 Å². The molecule has 31 heavy (non-hydrogen) atoms. The van der Waals surface area contributed by atoms with Gasteiger partial charge in [0.2, 0.25) is 5.91 Å². The standard InChI is InChI=1S/C25H20ClN3O2/c1-28-14-21(18-6-4-5-9-22(18)28)24-19-7-2-3-8-20(19)25(31)29(24)15-23(30)27-17-12-10-16(26)11-13-17/h2-14,24H,15H2,1H3,(H,27,30)/t24-/m0/s1. The molecule has 5 nitrogen and oxygen atoms in total. The molecular weight excluding hydrogens is 410 g/mol. The number of aromatic nitrogens is 1. The van der Waals surface area contributed by atoms with Crippen LogP contribution < -0.4 is 5.32 Å². The van der Waals surface area contributed by atoms with Gasteiger partial charge in [-0.2, -0.15) is 0 Å². The van der Waals surface area contributed by atoms with Crippen molar-refractivity contribution in [2.75, 3.05) is 11.9 Å². The van der Waals surface area contributed by atoms with E-state index in [2.05, 4.69) is 28.2 Å². The molecule has 154 valence electrons. The van der Waals surface area contributed by atoms with Crippen LogP contribution in [0.4, 0.5) is 5.69 Å². The van der Waals surface area contributed by atoms with E-state index in [1.54, 1.807) is 29.2 Å². The summed E-state index contributed by atoms with van der Waals surface area (Å²) in [6.07, 6.45) is 2.05. The molecule has 1 aliphatic rings. The minimum Gasteiger partial charge on any atom is -0.350 e. The Hall–Kier alpha value is -3.57. The Bertz CT molecular complexity index is 1310. The molecular formula is C25H20ClN3O2.